The molecule has 5 nitrogen and oxygen atoms in total. The average molecular weight is 274 g/mol. The number of urea groups is 1. The first-order chi connectivity index (χ1) is 9.66. The van der Waals surface area contributed by atoms with Gasteiger partial charge in [-0.15, -0.1) is 0 Å². The van der Waals surface area contributed by atoms with Crippen molar-refractivity contribution in [3.05, 3.63) is 30.1 Å². The summed E-state index contributed by atoms with van der Waals surface area (Å²) in [5, 5.41) is 0. The van der Waals surface area contributed by atoms with Crippen LogP contribution >= 0.6 is 0 Å². The molecule has 0 saturated carbocycles. The van der Waals surface area contributed by atoms with E-state index >= 15 is 0 Å². The van der Waals surface area contributed by atoms with Crippen molar-refractivity contribution in [3.63, 3.8) is 0 Å². The lowest BCUT2D eigenvalue weighted by molar-refractivity contribution is 0.162. The Balaban J connectivity index is 1.67. The summed E-state index contributed by atoms with van der Waals surface area (Å²) in [7, 11) is 3.66. The molecule has 0 aliphatic carbocycles. The van der Waals surface area contributed by atoms with Gasteiger partial charge in [-0.3, -0.25) is 9.88 Å². The van der Waals surface area contributed by atoms with E-state index in [1.807, 2.05) is 37.5 Å². The zero-order valence-corrected chi connectivity index (χ0v) is 12.2. The van der Waals surface area contributed by atoms with Crippen LogP contribution in [-0.4, -0.2) is 65.0 Å². The largest absolute Gasteiger partial charge is 0.331 e. The molecule has 2 amide bonds. The zero-order chi connectivity index (χ0) is 14.1. The van der Waals surface area contributed by atoms with E-state index in [9.17, 15) is 4.79 Å². The topological polar surface area (TPSA) is 39.7 Å². The Labute approximate surface area is 120 Å². The van der Waals surface area contributed by atoms with Gasteiger partial charge in [0.1, 0.15) is 0 Å². The first-order valence-electron chi connectivity index (χ1n) is 7.27. The van der Waals surface area contributed by atoms with E-state index in [4.69, 9.17) is 0 Å². The Kier molecular flexibility index (Phi) is 3.61. The lowest BCUT2D eigenvalue weighted by Gasteiger charge is -2.27. The highest BCUT2D eigenvalue weighted by molar-refractivity contribution is 5.74. The molecule has 20 heavy (non-hydrogen) atoms. The molecule has 2 aliphatic rings. The summed E-state index contributed by atoms with van der Waals surface area (Å²) < 4.78 is 0. The molecular weight excluding hydrogens is 252 g/mol. The third kappa shape index (κ3) is 2.38. The fourth-order valence-electron chi connectivity index (χ4n) is 3.49. The van der Waals surface area contributed by atoms with Gasteiger partial charge in [0, 0.05) is 52.2 Å². The molecule has 0 bridgehead atoms. The number of hydrogen-bond donors (Lipinski definition) is 0. The van der Waals surface area contributed by atoms with E-state index in [0.717, 1.165) is 32.5 Å². The molecule has 3 heterocycles. The molecule has 3 rings (SSSR count). The minimum atomic E-state index is 0.153. The van der Waals surface area contributed by atoms with Crippen LogP contribution in [0.3, 0.4) is 0 Å². The molecule has 108 valence electrons. The number of rotatable bonds is 2. The van der Waals surface area contributed by atoms with E-state index in [0.29, 0.717) is 12.1 Å². The number of fused-ring (bicyclic) bond motifs is 1. The van der Waals surface area contributed by atoms with E-state index in [1.54, 1.807) is 4.90 Å². The van der Waals surface area contributed by atoms with E-state index in [-0.39, 0.29) is 6.03 Å². The van der Waals surface area contributed by atoms with Crippen LogP contribution in [-0.2, 0) is 6.54 Å². The second-order valence-electron chi connectivity index (χ2n) is 5.91. The van der Waals surface area contributed by atoms with Crippen LogP contribution in [0.4, 0.5) is 4.79 Å². The average Bonchev–Trinajstić information content (AvgIpc) is 3.02. The van der Waals surface area contributed by atoms with Gasteiger partial charge >= 0.3 is 6.03 Å². The Bertz CT molecular complexity index is 476. The zero-order valence-electron chi connectivity index (χ0n) is 12.2. The van der Waals surface area contributed by atoms with Gasteiger partial charge in [0.2, 0.25) is 0 Å². The van der Waals surface area contributed by atoms with Crippen molar-refractivity contribution < 1.29 is 4.79 Å². The molecular formula is C15H22N4O. The predicted octanol–water partition coefficient (Wildman–Crippen LogP) is 1.41. The molecule has 0 spiro atoms. The Morgan fingerprint density at radius 3 is 2.85 bits per heavy atom. The smallest absolute Gasteiger partial charge is 0.319 e. The molecule has 2 aliphatic heterocycles. The van der Waals surface area contributed by atoms with Crippen molar-refractivity contribution >= 4 is 6.03 Å². The van der Waals surface area contributed by atoms with Crippen molar-refractivity contribution in [2.24, 2.45) is 0 Å². The maximum Gasteiger partial charge on any atom is 0.319 e. The molecule has 2 saturated heterocycles. The van der Waals surface area contributed by atoms with Crippen LogP contribution in [0.2, 0.25) is 0 Å². The van der Waals surface area contributed by atoms with Gasteiger partial charge in [0.15, 0.2) is 0 Å². The summed E-state index contributed by atoms with van der Waals surface area (Å²) in [5.41, 5.74) is 1.26. The lowest BCUT2D eigenvalue weighted by Crippen LogP contribution is -2.44. The monoisotopic (exact) mass is 274 g/mol. The number of carbonyl (C=O) groups excluding carboxylic acids is 1. The fraction of sp³-hybridized carbons (Fsp3) is 0.600. The summed E-state index contributed by atoms with van der Waals surface area (Å²) in [5.74, 6) is 0. The molecule has 0 radical (unpaired) electrons. The highest BCUT2D eigenvalue weighted by atomic mass is 16.2. The molecule has 1 aromatic heterocycles. The first-order valence-corrected chi connectivity index (χ1v) is 7.27. The van der Waals surface area contributed by atoms with Crippen molar-refractivity contribution in [2.45, 2.75) is 31.5 Å². The van der Waals surface area contributed by atoms with E-state index < -0.39 is 0 Å². The number of nitrogens with zero attached hydrogens (tertiary/aromatic N) is 4. The molecule has 0 N–H and O–H groups in total. The minimum absolute atomic E-state index is 0.153. The molecule has 0 unspecified atom stereocenters. The van der Waals surface area contributed by atoms with Crippen LogP contribution in [0, 0.1) is 0 Å². The fourth-order valence-corrected chi connectivity index (χ4v) is 3.49. The van der Waals surface area contributed by atoms with Gasteiger partial charge < -0.3 is 9.80 Å². The van der Waals surface area contributed by atoms with Crippen molar-refractivity contribution in [1.82, 2.24) is 19.7 Å². The van der Waals surface area contributed by atoms with Crippen LogP contribution in [0.5, 0.6) is 0 Å². The van der Waals surface area contributed by atoms with Gasteiger partial charge in [-0.25, -0.2) is 4.79 Å². The number of hydrogen-bond acceptors (Lipinski definition) is 3. The van der Waals surface area contributed by atoms with E-state index in [1.165, 1.54) is 5.56 Å². The van der Waals surface area contributed by atoms with Crippen LogP contribution in [0.1, 0.15) is 18.4 Å². The Morgan fingerprint density at radius 2 is 2.15 bits per heavy atom. The molecule has 1 aromatic rings. The summed E-state index contributed by atoms with van der Waals surface area (Å²) in [6.45, 7) is 2.90. The molecule has 5 heteroatoms. The van der Waals surface area contributed by atoms with Crippen LogP contribution in [0.25, 0.3) is 0 Å². The molecule has 2 atom stereocenters. The first kappa shape index (κ1) is 13.4. The second-order valence-corrected chi connectivity index (χ2v) is 5.91. The maximum absolute atomic E-state index is 12.2. The Morgan fingerprint density at radius 1 is 1.35 bits per heavy atom. The van der Waals surface area contributed by atoms with Gasteiger partial charge in [-0.1, -0.05) is 6.07 Å². The highest BCUT2D eigenvalue weighted by Crippen LogP contribution is 2.32. The highest BCUT2D eigenvalue weighted by Gasteiger charge is 2.44. The SMILES string of the molecule is CN(C)C(=O)N1CC[C@@H]2[C@@H]1CCN2Cc1cccnc1. The number of amides is 2. The van der Waals surface area contributed by atoms with Gasteiger partial charge in [0.25, 0.3) is 0 Å². The van der Waals surface area contributed by atoms with E-state index in [2.05, 4.69) is 16.0 Å². The maximum atomic E-state index is 12.2. The summed E-state index contributed by atoms with van der Waals surface area (Å²) in [6.07, 6.45) is 5.92. The van der Waals surface area contributed by atoms with Crippen molar-refractivity contribution in [2.75, 3.05) is 27.2 Å². The number of likely N-dealkylation sites (tertiary alicyclic amines) is 2. The number of carbonyl (C=O) groups is 1. The van der Waals surface area contributed by atoms with Crippen molar-refractivity contribution in [3.8, 4) is 0 Å². The normalized spacial score (nSPS) is 25.8. The van der Waals surface area contributed by atoms with Gasteiger partial charge in [-0.2, -0.15) is 0 Å². The third-order valence-corrected chi connectivity index (χ3v) is 4.43. The minimum Gasteiger partial charge on any atom is -0.331 e. The quantitative estimate of drug-likeness (QED) is 0.818. The third-order valence-electron chi connectivity index (χ3n) is 4.43. The molecule has 2 fully saturated rings. The summed E-state index contributed by atoms with van der Waals surface area (Å²) in [6, 6.07) is 5.17. The molecule has 0 aromatic carbocycles. The van der Waals surface area contributed by atoms with Crippen LogP contribution in [0.15, 0.2) is 24.5 Å². The van der Waals surface area contributed by atoms with Crippen molar-refractivity contribution in [1.29, 1.82) is 0 Å². The lowest BCUT2D eigenvalue weighted by atomic mass is 10.1. The predicted molar refractivity (Wildman–Crippen MR) is 77.2 cm³/mol. The Hall–Kier alpha value is -1.62. The second kappa shape index (κ2) is 5.40. The summed E-state index contributed by atoms with van der Waals surface area (Å²) >= 11 is 0. The van der Waals surface area contributed by atoms with Gasteiger partial charge in [-0.05, 0) is 24.5 Å². The van der Waals surface area contributed by atoms with Crippen LogP contribution < -0.4 is 0 Å². The number of aromatic nitrogens is 1. The number of pyridine rings is 1. The van der Waals surface area contributed by atoms with Gasteiger partial charge in [0.05, 0.1) is 6.04 Å². The standard InChI is InChI=1S/C15H22N4O/c1-17(2)15(20)19-9-6-13-14(19)5-8-18(13)11-12-4-3-7-16-10-12/h3-4,7,10,13-14H,5-6,8-9,11H2,1-2H3/t13-,14+/m1/s1. The summed E-state index contributed by atoms with van der Waals surface area (Å²) in [4.78, 5) is 22.6.